The van der Waals surface area contributed by atoms with Crippen LogP contribution in [0.15, 0.2) is 59.5 Å². The van der Waals surface area contributed by atoms with E-state index in [0.717, 1.165) is 27.9 Å². The lowest BCUT2D eigenvalue weighted by Gasteiger charge is -2.04. The maximum absolute atomic E-state index is 8.64. The molecular formula is C15H11N5S. The van der Waals surface area contributed by atoms with Gasteiger partial charge in [-0.1, -0.05) is 35.5 Å². The lowest BCUT2D eigenvalue weighted by molar-refractivity contribution is 0.810. The molecule has 21 heavy (non-hydrogen) atoms. The first-order chi connectivity index (χ1) is 10.3. The normalized spacial score (nSPS) is 10.2. The van der Waals surface area contributed by atoms with Crippen molar-refractivity contribution in [3.63, 3.8) is 0 Å². The monoisotopic (exact) mass is 293 g/mol. The maximum atomic E-state index is 8.64. The van der Waals surface area contributed by atoms with E-state index in [1.165, 1.54) is 0 Å². The third kappa shape index (κ3) is 2.59. The Labute approximate surface area is 126 Å². The summed E-state index contributed by atoms with van der Waals surface area (Å²) in [7, 11) is 0. The summed E-state index contributed by atoms with van der Waals surface area (Å²) in [5.74, 6) is 0.488. The van der Waals surface area contributed by atoms with Gasteiger partial charge >= 0.3 is 0 Å². The number of nitrogen functional groups attached to an aromatic ring is 1. The number of thioether (sulfide) groups is 1. The van der Waals surface area contributed by atoms with E-state index < -0.39 is 0 Å². The highest BCUT2D eigenvalue weighted by atomic mass is 32.2. The smallest absolute Gasteiger partial charge is 0.155 e. The summed E-state index contributed by atoms with van der Waals surface area (Å²) in [5.41, 5.74) is 8.54. The van der Waals surface area contributed by atoms with Gasteiger partial charge in [0.2, 0.25) is 0 Å². The summed E-state index contributed by atoms with van der Waals surface area (Å²) in [6.07, 6.45) is 0. The SMILES string of the molecule is N#CSc1ccc(-n2nnc(-c3ccccc3)c2N)cc1. The summed E-state index contributed by atoms with van der Waals surface area (Å²) in [6, 6.07) is 17.1. The Kier molecular flexibility index (Phi) is 3.58. The summed E-state index contributed by atoms with van der Waals surface area (Å²) in [5, 5.41) is 18.9. The minimum absolute atomic E-state index is 0.488. The van der Waals surface area contributed by atoms with Gasteiger partial charge in [-0.3, -0.25) is 0 Å². The van der Waals surface area contributed by atoms with Gasteiger partial charge in [0.1, 0.15) is 11.1 Å². The number of benzene rings is 2. The second-order valence-electron chi connectivity index (χ2n) is 4.29. The second-order valence-corrected chi connectivity index (χ2v) is 5.15. The summed E-state index contributed by atoms with van der Waals surface area (Å²) in [4.78, 5) is 0.878. The number of thiocyanates is 1. The van der Waals surface area contributed by atoms with Gasteiger partial charge in [-0.2, -0.15) is 9.94 Å². The van der Waals surface area contributed by atoms with Crippen molar-refractivity contribution >= 4 is 17.6 Å². The number of aromatic nitrogens is 3. The molecule has 0 saturated carbocycles. The van der Waals surface area contributed by atoms with E-state index in [2.05, 4.69) is 10.3 Å². The first-order valence-corrected chi connectivity index (χ1v) is 7.04. The summed E-state index contributed by atoms with van der Waals surface area (Å²) < 4.78 is 1.59. The molecule has 3 rings (SSSR count). The molecule has 1 heterocycles. The van der Waals surface area contributed by atoms with Crippen molar-refractivity contribution in [3.05, 3.63) is 54.6 Å². The number of nitrogens with two attached hydrogens (primary N) is 1. The Balaban J connectivity index is 1.97. The average molecular weight is 293 g/mol. The predicted octanol–water partition coefficient (Wildman–Crippen LogP) is 3.09. The summed E-state index contributed by atoms with van der Waals surface area (Å²) >= 11 is 1.11. The number of rotatable bonds is 3. The Morgan fingerprint density at radius 2 is 1.76 bits per heavy atom. The molecule has 0 saturated heterocycles. The number of nitrogens with zero attached hydrogens (tertiary/aromatic N) is 4. The van der Waals surface area contributed by atoms with Crippen LogP contribution in [-0.2, 0) is 0 Å². The fourth-order valence-electron chi connectivity index (χ4n) is 1.99. The molecule has 0 aliphatic rings. The Morgan fingerprint density at radius 3 is 2.43 bits per heavy atom. The van der Waals surface area contributed by atoms with Gasteiger partial charge in [-0.05, 0) is 36.0 Å². The molecule has 102 valence electrons. The zero-order chi connectivity index (χ0) is 14.7. The van der Waals surface area contributed by atoms with E-state index in [1.807, 2.05) is 60.0 Å². The van der Waals surface area contributed by atoms with E-state index in [1.54, 1.807) is 4.68 Å². The van der Waals surface area contributed by atoms with Crippen molar-refractivity contribution < 1.29 is 0 Å². The van der Waals surface area contributed by atoms with Gasteiger partial charge in [0.15, 0.2) is 5.82 Å². The zero-order valence-electron chi connectivity index (χ0n) is 11.0. The Morgan fingerprint density at radius 1 is 1.05 bits per heavy atom. The molecular weight excluding hydrogens is 282 g/mol. The third-order valence-electron chi connectivity index (χ3n) is 3.00. The Hall–Kier alpha value is -2.78. The molecule has 0 radical (unpaired) electrons. The van der Waals surface area contributed by atoms with Gasteiger partial charge in [0.25, 0.3) is 0 Å². The summed E-state index contributed by atoms with van der Waals surface area (Å²) in [6.45, 7) is 0. The van der Waals surface area contributed by atoms with Crippen molar-refractivity contribution in [2.24, 2.45) is 0 Å². The number of hydrogen-bond donors (Lipinski definition) is 1. The standard InChI is InChI=1S/C15H11N5S/c16-10-21-13-8-6-12(7-9-13)20-15(17)14(18-19-20)11-4-2-1-3-5-11/h1-9H,17H2. The first kappa shape index (κ1) is 13.2. The molecule has 0 aliphatic heterocycles. The highest BCUT2D eigenvalue weighted by molar-refractivity contribution is 8.03. The molecule has 0 amide bonds. The largest absolute Gasteiger partial charge is 0.382 e. The lowest BCUT2D eigenvalue weighted by atomic mass is 10.1. The molecule has 2 aromatic carbocycles. The molecule has 3 aromatic rings. The molecule has 5 nitrogen and oxygen atoms in total. The minimum atomic E-state index is 0.488. The van der Waals surface area contributed by atoms with Crippen molar-refractivity contribution in [3.8, 4) is 22.3 Å². The molecule has 2 N–H and O–H groups in total. The van der Waals surface area contributed by atoms with Crippen LogP contribution in [0.2, 0.25) is 0 Å². The molecule has 0 unspecified atom stereocenters. The van der Waals surface area contributed by atoms with Crippen molar-refractivity contribution in [2.45, 2.75) is 4.90 Å². The minimum Gasteiger partial charge on any atom is -0.382 e. The van der Waals surface area contributed by atoms with Crippen LogP contribution in [0, 0.1) is 10.7 Å². The average Bonchev–Trinajstić information content (AvgIpc) is 2.91. The van der Waals surface area contributed by atoms with Crippen LogP contribution in [-0.4, -0.2) is 15.0 Å². The van der Waals surface area contributed by atoms with E-state index in [9.17, 15) is 0 Å². The molecule has 0 fully saturated rings. The Bertz CT molecular complexity index is 787. The van der Waals surface area contributed by atoms with Crippen LogP contribution in [0.5, 0.6) is 0 Å². The topological polar surface area (TPSA) is 80.5 Å². The molecule has 1 aromatic heterocycles. The zero-order valence-corrected chi connectivity index (χ0v) is 11.8. The van der Waals surface area contributed by atoms with Gasteiger partial charge in [0.05, 0.1) is 5.69 Å². The van der Waals surface area contributed by atoms with Gasteiger partial charge < -0.3 is 5.73 Å². The molecule has 0 atom stereocenters. The van der Waals surface area contributed by atoms with Crippen LogP contribution in [0.4, 0.5) is 5.82 Å². The van der Waals surface area contributed by atoms with Gasteiger partial charge in [0, 0.05) is 10.5 Å². The molecule has 6 heteroatoms. The quantitative estimate of drug-likeness (QED) is 0.593. The van der Waals surface area contributed by atoms with Gasteiger partial charge in [-0.15, -0.1) is 5.10 Å². The van der Waals surface area contributed by atoms with E-state index in [-0.39, 0.29) is 0 Å². The fraction of sp³-hybridized carbons (Fsp3) is 0. The molecule has 0 spiro atoms. The number of anilines is 1. The highest BCUT2D eigenvalue weighted by Crippen LogP contribution is 2.26. The van der Waals surface area contributed by atoms with Crippen molar-refractivity contribution in [1.29, 1.82) is 5.26 Å². The third-order valence-corrected chi connectivity index (χ3v) is 3.60. The fourth-order valence-corrected chi connectivity index (χ4v) is 2.37. The van der Waals surface area contributed by atoms with Crippen LogP contribution < -0.4 is 5.73 Å². The van der Waals surface area contributed by atoms with Crippen LogP contribution in [0.1, 0.15) is 0 Å². The number of hydrogen-bond acceptors (Lipinski definition) is 5. The van der Waals surface area contributed by atoms with Crippen molar-refractivity contribution in [1.82, 2.24) is 15.0 Å². The van der Waals surface area contributed by atoms with E-state index >= 15 is 0 Å². The van der Waals surface area contributed by atoms with Crippen LogP contribution >= 0.6 is 11.8 Å². The second kappa shape index (κ2) is 5.69. The van der Waals surface area contributed by atoms with Crippen LogP contribution in [0.3, 0.4) is 0 Å². The predicted molar refractivity (Wildman–Crippen MR) is 82.7 cm³/mol. The van der Waals surface area contributed by atoms with Crippen LogP contribution in [0.25, 0.3) is 16.9 Å². The lowest BCUT2D eigenvalue weighted by Crippen LogP contribution is -2.02. The van der Waals surface area contributed by atoms with Gasteiger partial charge in [-0.25, -0.2) is 0 Å². The van der Waals surface area contributed by atoms with E-state index in [4.69, 9.17) is 11.0 Å². The molecule has 0 bridgehead atoms. The highest BCUT2D eigenvalue weighted by Gasteiger charge is 2.12. The van der Waals surface area contributed by atoms with E-state index in [0.29, 0.717) is 11.5 Å². The maximum Gasteiger partial charge on any atom is 0.155 e. The molecule has 0 aliphatic carbocycles. The first-order valence-electron chi connectivity index (χ1n) is 6.22. The number of nitriles is 1. The van der Waals surface area contributed by atoms with Crippen molar-refractivity contribution in [2.75, 3.05) is 5.73 Å².